The third kappa shape index (κ3) is 2.93. The molecule has 132 valence electrons. The molecule has 0 amide bonds. The van der Waals surface area contributed by atoms with E-state index in [2.05, 4.69) is 72.5 Å². The Kier molecular flexibility index (Phi) is 4.35. The normalized spacial score (nSPS) is 12.8. The van der Waals surface area contributed by atoms with Crippen molar-refractivity contribution in [2.75, 3.05) is 21.2 Å². The molecule has 4 nitrogen and oxygen atoms in total. The van der Waals surface area contributed by atoms with E-state index < -0.39 is 0 Å². The van der Waals surface area contributed by atoms with E-state index in [4.69, 9.17) is 9.72 Å². The number of rotatable bonds is 5. The van der Waals surface area contributed by atoms with Crippen LogP contribution < -0.4 is 4.74 Å². The van der Waals surface area contributed by atoms with Crippen molar-refractivity contribution in [3.05, 3.63) is 72.1 Å². The number of aromatic amines is 1. The molecule has 0 aliphatic carbocycles. The van der Waals surface area contributed by atoms with E-state index in [1.807, 2.05) is 12.3 Å². The van der Waals surface area contributed by atoms with Gasteiger partial charge >= 0.3 is 0 Å². The van der Waals surface area contributed by atoms with Crippen LogP contribution in [-0.4, -0.2) is 36.1 Å². The fraction of sp³-hybridized carbons (Fsp3) is 0.227. The van der Waals surface area contributed by atoms with E-state index in [1.54, 1.807) is 7.11 Å². The van der Waals surface area contributed by atoms with Crippen LogP contribution in [0.25, 0.3) is 21.8 Å². The highest BCUT2D eigenvalue weighted by molar-refractivity contribution is 6.08. The van der Waals surface area contributed by atoms with Crippen molar-refractivity contribution in [1.29, 1.82) is 0 Å². The lowest BCUT2D eigenvalue weighted by Gasteiger charge is -2.24. The number of nitrogens with one attached hydrogen (secondary N) is 1. The van der Waals surface area contributed by atoms with Gasteiger partial charge in [-0.2, -0.15) is 0 Å². The minimum absolute atomic E-state index is 0.191. The highest BCUT2D eigenvalue weighted by atomic mass is 16.5. The van der Waals surface area contributed by atoms with Gasteiger partial charge < -0.3 is 14.6 Å². The van der Waals surface area contributed by atoms with E-state index in [0.717, 1.165) is 28.9 Å². The fourth-order valence-corrected chi connectivity index (χ4v) is 3.56. The topological polar surface area (TPSA) is 41.1 Å². The Morgan fingerprint density at radius 1 is 1.04 bits per heavy atom. The lowest BCUT2D eigenvalue weighted by molar-refractivity contribution is 0.293. The Morgan fingerprint density at radius 3 is 2.58 bits per heavy atom. The second-order valence-corrected chi connectivity index (χ2v) is 6.82. The summed E-state index contributed by atoms with van der Waals surface area (Å²) in [5, 5.41) is 2.35. The first kappa shape index (κ1) is 16.6. The average molecular weight is 345 g/mol. The van der Waals surface area contributed by atoms with Gasteiger partial charge in [0.15, 0.2) is 0 Å². The van der Waals surface area contributed by atoms with Crippen LogP contribution >= 0.6 is 0 Å². The predicted octanol–water partition coefficient (Wildman–Crippen LogP) is 4.57. The number of likely N-dealkylation sites (N-methyl/N-ethyl adjacent to an activating group) is 1. The summed E-state index contributed by atoms with van der Waals surface area (Å²) in [5.41, 5.74) is 4.59. The average Bonchev–Trinajstić information content (AvgIpc) is 3.04. The summed E-state index contributed by atoms with van der Waals surface area (Å²) in [4.78, 5) is 10.6. The van der Waals surface area contributed by atoms with Crippen LogP contribution in [0.15, 0.2) is 60.8 Å². The molecule has 4 aromatic rings. The quantitative estimate of drug-likeness (QED) is 0.576. The number of hydrogen-bond donors (Lipinski definition) is 1. The van der Waals surface area contributed by atoms with E-state index in [1.165, 1.54) is 16.3 Å². The van der Waals surface area contributed by atoms with Crippen molar-refractivity contribution in [3.63, 3.8) is 0 Å². The van der Waals surface area contributed by atoms with Gasteiger partial charge in [0.2, 0.25) is 0 Å². The summed E-state index contributed by atoms with van der Waals surface area (Å²) in [7, 11) is 5.92. The van der Waals surface area contributed by atoms with Crippen molar-refractivity contribution >= 4 is 21.8 Å². The number of aromatic nitrogens is 2. The molecular formula is C22H23N3O. The largest absolute Gasteiger partial charge is 0.497 e. The number of benzene rings is 2. The molecule has 0 radical (unpaired) electrons. The SMILES string of the molecule is COc1ccc2[nH]c3c([C@@H](Cc4ccccc4)N(C)C)nccc3c2c1. The van der Waals surface area contributed by atoms with Gasteiger partial charge in [0.25, 0.3) is 0 Å². The molecule has 1 N–H and O–H groups in total. The van der Waals surface area contributed by atoms with Crippen LogP contribution in [0.5, 0.6) is 5.75 Å². The molecule has 0 aliphatic heterocycles. The van der Waals surface area contributed by atoms with Crippen LogP contribution in [0.4, 0.5) is 0 Å². The maximum absolute atomic E-state index is 5.40. The molecule has 2 aromatic heterocycles. The van der Waals surface area contributed by atoms with E-state index >= 15 is 0 Å². The maximum Gasteiger partial charge on any atom is 0.119 e. The predicted molar refractivity (Wildman–Crippen MR) is 107 cm³/mol. The molecule has 1 atom stereocenters. The smallest absolute Gasteiger partial charge is 0.119 e. The van der Waals surface area contributed by atoms with Gasteiger partial charge in [-0.1, -0.05) is 30.3 Å². The van der Waals surface area contributed by atoms with E-state index in [9.17, 15) is 0 Å². The molecule has 26 heavy (non-hydrogen) atoms. The van der Waals surface area contributed by atoms with Crippen LogP contribution in [0.2, 0.25) is 0 Å². The number of ether oxygens (including phenoxy) is 1. The molecular weight excluding hydrogens is 322 g/mol. The van der Waals surface area contributed by atoms with Crippen LogP contribution in [0.1, 0.15) is 17.3 Å². The molecule has 0 fully saturated rings. The first-order valence-electron chi connectivity index (χ1n) is 8.82. The van der Waals surface area contributed by atoms with Crippen molar-refractivity contribution in [2.45, 2.75) is 12.5 Å². The van der Waals surface area contributed by atoms with Gasteiger partial charge in [-0.25, -0.2) is 0 Å². The molecule has 2 heterocycles. The number of pyridine rings is 1. The van der Waals surface area contributed by atoms with Gasteiger partial charge in [-0.15, -0.1) is 0 Å². The minimum Gasteiger partial charge on any atom is -0.497 e. The number of methoxy groups -OCH3 is 1. The third-order valence-electron chi connectivity index (χ3n) is 4.97. The Labute approximate surface area is 153 Å². The van der Waals surface area contributed by atoms with Gasteiger partial charge in [0.1, 0.15) is 5.75 Å². The maximum atomic E-state index is 5.40. The summed E-state index contributed by atoms with van der Waals surface area (Å²) in [6.07, 6.45) is 2.82. The zero-order valence-corrected chi connectivity index (χ0v) is 15.4. The zero-order chi connectivity index (χ0) is 18.1. The lowest BCUT2D eigenvalue weighted by atomic mass is 10.0. The second-order valence-electron chi connectivity index (χ2n) is 6.82. The molecule has 0 saturated carbocycles. The van der Waals surface area contributed by atoms with Crippen molar-refractivity contribution in [3.8, 4) is 5.75 Å². The van der Waals surface area contributed by atoms with Crippen LogP contribution in [-0.2, 0) is 6.42 Å². The van der Waals surface area contributed by atoms with Gasteiger partial charge in [0, 0.05) is 22.5 Å². The van der Waals surface area contributed by atoms with E-state index in [0.29, 0.717) is 0 Å². The number of hydrogen-bond acceptors (Lipinski definition) is 3. The molecule has 0 saturated heterocycles. The Morgan fingerprint density at radius 2 is 1.85 bits per heavy atom. The molecule has 0 aliphatic rings. The summed E-state index contributed by atoms with van der Waals surface area (Å²) >= 11 is 0. The van der Waals surface area contributed by atoms with Crippen molar-refractivity contribution in [1.82, 2.24) is 14.9 Å². The first-order valence-corrected chi connectivity index (χ1v) is 8.82. The van der Waals surface area contributed by atoms with Crippen LogP contribution in [0, 0.1) is 0 Å². The molecule has 4 rings (SSSR count). The molecule has 4 heteroatoms. The highest BCUT2D eigenvalue weighted by Gasteiger charge is 2.21. The standard InChI is InChI=1S/C22H23N3O/c1-25(2)20(13-15-7-5-4-6-8-15)22-21-17(11-12-23-22)18-14-16(26-3)9-10-19(18)24-21/h4-12,14,20,24H,13H2,1-3H3/t20-/m1/s1. The first-order chi connectivity index (χ1) is 12.7. The second kappa shape index (κ2) is 6.81. The molecule has 0 bridgehead atoms. The monoisotopic (exact) mass is 345 g/mol. The number of fused-ring (bicyclic) bond motifs is 3. The minimum atomic E-state index is 0.191. The Hall–Kier alpha value is -2.85. The summed E-state index contributed by atoms with van der Waals surface area (Å²) in [6.45, 7) is 0. The number of H-pyrrole nitrogens is 1. The third-order valence-corrected chi connectivity index (χ3v) is 4.97. The lowest BCUT2D eigenvalue weighted by Crippen LogP contribution is -2.23. The Balaban J connectivity index is 1.86. The fourth-order valence-electron chi connectivity index (χ4n) is 3.56. The van der Waals surface area contributed by atoms with Crippen molar-refractivity contribution in [2.24, 2.45) is 0 Å². The summed E-state index contributed by atoms with van der Waals surface area (Å²) in [6, 6.07) is 19.0. The van der Waals surface area contributed by atoms with Gasteiger partial charge in [-0.3, -0.25) is 4.98 Å². The summed E-state index contributed by atoms with van der Waals surface area (Å²) in [5.74, 6) is 0.866. The van der Waals surface area contributed by atoms with Gasteiger partial charge in [-0.05, 0) is 50.3 Å². The number of nitrogens with zero attached hydrogens (tertiary/aromatic N) is 2. The molecule has 0 unspecified atom stereocenters. The molecule has 0 spiro atoms. The zero-order valence-electron chi connectivity index (χ0n) is 15.4. The molecule has 2 aromatic carbocycles. The summed E-state index contributed by atoms with van der Waals surface area (Å²) < 4.78 is 5.40. The highest BCUT2D eigenvalue weighted by Crippen LogP contribution is 2.33. The Bertz CT molecular complexity index is 1040. The van der Waals surface area contributed by atoms with Crippen LogP contribution in [0.3, 0.4) is 0 Å². The van der Waals surface area contributed by atoms with E-state index in [-0.39, 0.29) is 6.04 Å². The van der Waals surface area contributed by atoms with Gasteiger partial charge in [0.05, 0.1) is 24.4 Å². The van der Waals surface area contributed by atoms with Crippen molar-refractivity contribution < 1.29 is 4.74 Å².